The van der Waals surface area contributed by atoms with Crippen molar-refractivity contribution < 1.29 is 9.50 Å². The molecule has 0 bridgehead atoms. The normalized spacial score (nSPS) is 10.7. The summed E-state index contributed by atoms with van der Waals surface area (Å²) in [5, 5.41) is 9.52. The molecule has 0 atom stereocenters. The van der Waals surface area contributed by atoms with Gasteiger partial charge in [0.15, 0.2) is 0 Å². The first-order valence-corrected chi connectivity index (χ1v) is 5.86. The molecule has 0 saturated carbocycles. The molecule has 0 heterocycles. The van der Waals surface area contributed by atoms with Crippen molar-refractivity contribution in [2.24, 2.45) is 0 Å². The summed E-state index contributed by atoms with van der Waals surface area (Å²) in [4.78, 5) is 0. The zero-order chi connectivity index (χ0) is 12.8. The Morgan fingerprint density at radius 1 is 1.25 bits per heavy atom. The lowest BCUT2D eigenvalue weighted by Crippen LogP contribution is -2.19. The van der Waals surface area contributed by atoms with Gasteiger partial charge in [-0.1, -0.05) is 31.5 Å². The molecule has 1 nitrogen and oxygen atoms in total. The Morgan fingerprint density at radius 2 is 1.81 bits per heavy atom. The molecule has 0 spiro atoms. The number of aliphatic hydroxyl groups is 1. The first-order chi connectivity index (χ1) is 7.38. The van der Waals surface area contributed by atoms with Crippen LogP contribution >= 0.6 is 0 Å². The smallest absolute Gasteiger partial charge is 0.126 e. The molecule has 2 heteroatoms. The van der Waals surface area contributed by atoms with E-state index in [0.717, 1.165) is 5.56 Å². The van der Waals surface area contributed by atoms with Crippen LogP contribution in [0.1, 0.15) is 45.2 Å². The van der Waals surface area contributed by atoms with Crippen LogP contribution in [0.5, 0.6) is 0 Å². The van der Waals surface area contributed by atoms with Crippen LogP contribution < -0.4 is 0 Å². The first kappa shape index (κ1) is 15.1. The van der Waals surface area contributed by atoms with Crippen LogP contribution in [0.25, 0.3) is 0 Å². The van der Waals surface area contributed by atoms with Gasteiger partial charge in [0.1, 0.15) is 5.82 Å². The number of hydrogen-bond acceptors (Lipinski definition) is 1. The highest BCUT2D eigenvalue weighted by Crippen LogP contribution is 2.16. The highest BCUT2D eigenvalue weighted by molar-refractivity contribution is 5.24. The van der Waals surface area contributed by atoms with Gasteiger partial charge in [0.05, 0.1) is 5.60 Å². The van der Waals surface area contributed by atoms with Gasteiger partial charge in [0.2, 0.25) is 0 Å². The Hall–Kier alpha value is -0.890. The summed E-state index contributed by atoms with van der Waals surface area (Å²) in [7, 11) is 0. The van der Waals surface area contributed by atoms with E-state index in [1.807, 2.05) is 26.8 Å². The van der Waals surface area contributed by atoms with E-state index in [0.29, 0.717) is 18.4 Å². The Balaban J connectivity index is 0.00000106. The van der Waals surface area contributed by atoms with E-state index in [-0.39, 0.29) is 5.82 Å². The summed E-state index contributed by atoms with van der Waals surface area (Å²) >= 11 is 0. The summed E-state index contributed by atoms with van der Waals surface area (Å²) < 4.78 is 13.3. The van der Waals surface area contributed by atoms with Gasteiger partial charge in [0.25, 0.3) is 0 Å². The fourth-order valence-corrected chi connectivity index (χ4v) is 1.34. The van der Waals surface area contributed by atoms with Gasteiger partial charge in [-0.15, -0.1) is 0 Å². The first-order valence-electron chi connectivity index (χ1n) is 5.86. The molecular weight excluding hydrogens is 203 g/mol. The minimum absolute atomic E-state index is 0.181. The summed E-state index contributed by atoms with van der Waals surface area (Å²) in [5.41, 5.74) is 1.01. The molecule has 0 amide bonds. The van der Waals surface area contributed by atoms with Crippen LogP contribution in [0.4, 0.5) is 4.39 Å². The molecule has 0 saturated heterocycles. The third-order valence-corrected chi connectivity index (χ3v) is 2.21. The van der Waals surface area contributed by atoms with E-state index in [2.05, 4.69) is 0 Å². The summed E-state index contributed by atoms with van der Waals surface area (Å²) in [6.07, 6.45) is 1.16. The fourth-order valence-electron chi connectivity index (χ4n) is 1.34. The van der Waals surface area contributed by atoms with Crippen LogP contribution in [0, 0.1) is 12.7 Å². The zero-order valence-corrected chi connectivity index (χ0v) is 11.0. The van der Waals surface area contributed by atoms with Gasteiger partial charge in [-0.25, -0.2) is 4.39 Å². The average molecular weight is 226 g/mol. The van der Waals surface area contributed by atoms with Crippen LogP contribution in [-0.4, -0.2) is 10.7 Å². The van der Waals surface area contributed by atoms with Crippen molar-refractivity contribution >= 4 is 0 Å². The second-order valence-electron chi connectivity index (χ2n) is 4.41. The third kappa shape index (κ3) is 5.86. The van der Waals surface area contributed by atoms with Crippen LogP contribution in [0.3, 0.4) is 0 Å². The molecule has 0 aliphatic carbocycles. The van der Waals surface area contributed by atoms with E-state index < -0.39 is 5.60 Å². The van der Waals surface area contributed by atoms with Crippen molar-refractivity contribution in [3.8, 4) is 0 Å². The minimum Gasteiger partial charge on any atom is -0.390 e. The topological polar surface area (TPSA) is 20.2 Å². The molecule has 16 heavy (non-hydrogen) atoms. The Labute approximate surface area is 98.3 Å². The van der Waals surface area contributed by atoms with Crippen molar-refractivity contribution in [2.75, 3.05) is 0 Å². The van der Waals surface area contributed by atoms with Gasteiger partial charge in [-0.2, -0.15) is 0 Å². The molecule has 1 aromatic carbocycles. The Kier molecular flexibility index (Phi) is 6.27. The van der Waals surface area contributed by atoms with Gasteiger partial charge >= 0.3 is 0 Å². The highest BCUT2D eigenvalue weighted by Gasteiger charge is 2.13. The second kappa shape index (κ2) is 6.64. The van der Waals surface area contributed by atoms with E-state index in [9.17, 15) is 9.50 Å². The molecule has 92 valence electrons. The van der Waals surface area contributed by atoms with Gasteiger partial charge in [0, 0.05) is 0 Å². The summed E-state index contributed by atoms with van der Waals surface area (Å²) in [6, 6.07) is 5.07. The van der Waals surface area contributed by atoms with Crippen molar-refractivity contribution in [1.82, 2.24) is 0 Å². The quantitative estimate of drug-likeness (QED) is 0.829. The number of hydrogen-bond donors (Lipinski definition) is 1. The minimum atomic E-state index is -0.726. The molecule has 1 rings (SSSR count). The molecule has 0 fully saturated rings. The molecule has 1 aromatic rings. The molecular formula is C14H23FO. The van der Waals surface area contributed by atoms with E-state index in [1.54, 1.807) is 19.9 Å². The summed E-state index contributed by atoms with van der Waals surface area (Å²) in [5.74, 6) is -0.181. The monoisotopic (exact) mass is 226 g/mol. The Morgan fingerprint density at radius 3 is 2.31 bits per heavy atom. The molecule has 0 aromatic heterocycles. The fraction of sp³-hybridized carbons (Fsp3) is 0.571. The average Bonchev–Trinajstić information content (AvgIpc) is 2.21. The lowest BCUT2D eigenvalue weighted by molar-refractivity contribution is 0.0712. The molecule has 0 aliphatic rings. The maximum atomic E-state index is 13.3. The van der Waals surface area contributed by atoms with Gasteiger partial charge < -0.3 is 5.11 Å². The predicted octanol–water partition coefficient (Wildman–Crippen LogP) is 3.86. The van der Waals surface area contributed by atoms with Crippen LogP contribution in [0.2, 0.25) is 0 Å². The number of benzene rings is 1. The maximum absolute atomic E-state index is 13.3. The van der Waals surface area contributed by atoms with Crippen molar-refractivity contribution in [3.63, 3.8) is 0 Å². The summed E-state index contributed by atoms with van der Waals surface area (Å²) in [6.45, 7) is 9.41. The molecule has 0 aliphatic heterocycles. The van der Waals surface area contributed by atoms with Crippen molar-refractivity contribution in [3.05, 3.63) is 35.1 Å². The second-order valence-corrected chi connectivity index (χ2v) is 4.41. The lowest BCUT2D eigenvalue weighted by Gasteiger charge is -2.16. The zero-order valence-electron chi connectivity index (χ0n) is 11.0. The maximum Gasteiger partial charge on any atom is 0.126 e. The number of aryl methyl sites for hydroxylation is 2. The van der Waals surface area contributed by atoms with Gasteiger partial charge in [-0.3, -0.25) is 0 Å². The van der Waals surface area contributed by atoms with Crippen LogP contribution in [0.15, 0.2) is 18.2 Å². The number of halogens is 1. The van der Waals surface area contributed by atoms with Crippen molar-refractivity contribution in [1.29, 1.82) is 0 Å². The molecule has 0 unspecified atom stereocenters. The lowest BCUT2D eigenvalue weighted by atomic mass is 9.98. The highest BCUT2D eigenvalue weighted by atomic mass is 19.1. The van der Waals surface area contributed by atoms with E-state index >= 15 is 0 Å². The predicted molar refractivity (Wildman–Crippen MR) is 67.1 cm³/mol. The van der Waals surface area contributed by atoms with Crippen molar-refractivity contribution in [2.45, 2.75) is 53.1 Å². The molecule has 0 radical (unpaired) electrons. The Bertz CT molecular complexity index is 313. The van der Waals surface area contributed by atoms with E-state index in [4.69, 9.17) is 0 Å². The van der Waals surface area contributed by atoms with Crippen LogP contribution in [-0.2, 0) is 6.42 Å². The molecule has 1 N–H and O–H groups in total. The third-order valence-electron chi connectivity index (χ3n) is 2.21. The number of rotatable bonds is 3. The van der Waals surface area contributed by atoms with Gasteiger partial charge in [-0.05, 0) is 45.2 Å². The standard InChI is InChI=1S/C12H17FO.C2H6/c1-9-4-5-11(13)10(8-9)6-7-12(2,3)14;1-2/h4-5,8,14H,6-7H2,1-3H3;1-2H3. The largest absolute Gasteiger partial charge is 0.390 e. The van der Waals surface area contributed by atoms with E-state index in [1.165, 1.54) is 6.07 Å². The SMILES string of the molecule is CC.Cc1ccc(F)c(CCC(C)(C)O)c1.